The number of aryl methyl sites for hydroxylation is 1. The molecule has 0 amide bonds. The van der Waals surface area contributed by atoms with Gasteiger partial charge >= 0.3 is 5.63 Å². The first kappa shape index (κ1) is 17.9. The second-order valence-electron chi connectivity index (χ2n) is 6.31. The van der Waals surface area contributed by atoms with Crippen LogP contribution in [0.3, 0.4) is 0 Å². The molecule has 2 aromatic heterocycles. The fourth-order valence-corrected chi connectivity index (χ4v) is 3.85. The number of hydrogen-bond donors (Lipinski definition) is 1. The van der Waals surface area contributed by atoms with Gasteiger partial charge in [0.25, 0.3) is 0 Å². The van der Waals surface area contributed by atoms with Crippen LogP contribution in [0.4, 0.5) is 0 Å². The summed E-state index contributed by atoms with van der Waals surface area (Å²) in [5, 5.41) is 12.8. The van der Waals surface area contributed by atoms with Crippen LogP contribution in [-0.4, -0.2) is 22.7 Å². The molecular formula is C20H23NO3S. The highest BCUT2D eigenvalue weighted by molar-refractivity contribution is 7.09. The molecule has 4 nitrogen and oxygen atoms in total. The van der Waals surface area contributed by atoms with Gasteiger partial charge in [-0.15, -0.1) is 11.3 Å². The van der Waals surface area contributed by atoms with Crippen molar-refractivity contribution in [3.8, 4) is 0 Å². The van der Waals surface area contributed by atoms with E-state index in [0.29, 0.717) is 12.1 Å². The van der Waals surface area contributed by atoms with Crippen molar-refractivity contribution >= 4 is 22.3 Å². The zero-order valence-electron chi connectivity index (χ0n) is 14.6. The van der Waals surface area contributed by atoms with Crippen molar-refractivity contribution in [1.82, 2.24) is 4.90 Å². The van der Waals surface area contributed by atoms with Gasteiger partial charge in [0.05, 0.1) is 6.61 Å². The monoisotopic (exact) mass is 357 g/mol. The molecule has 0 aliphatic rings. The number of nitrogens with zero attached hydrogens (tertiary/aromatic N) is 1. The van der Waals surface area contributed by atoms with E-state index in [4.69, 9.17) is 4.42 Å². The van der Waals surface area contributed by atoms with E-state index < -0.39 is 0 Å². The summed E-state index contributed by atoms with van der Waals surface area (Å²) in [5.74, 6) is 0. The number of rotatable bonds is 7. The van der Waals surface area contributed by atoms with Gasteiger partial charge in [0.2, 0.25) is 0 Å². The first-order chi connectivity index (χ1) is 12.1. The summed E-state index contributed by atoms with van der Waals surface area (Å²) >= 11 is 1.72. The fraction of sp³-hybridized carbons (Fsp3) is 0.350. The van der Waals surface area contributed by atoms with Gasteiger partial charge in [-0.2, -0.15) is 0 Å². The molecule has 0 bridgehead atoms. The van der Waals surface area contributed by atoms with Crippen LogP contribution in [0.15, 0.2) is 51.0 Å². The standard InChI is InChI=1S/C20H23NO3S/c1-3-16(13-22)21(12-17-5-4-8-25-17)11-15-6-7-18-14(2)9-20(23)24-19(18)10-15/h4-10,16,22H,3,11-13H2,1-2H3/t16-/m0/s1. The Hall–Kier alpha value is -1.95. The number of benzene rings is 1. The summed E-state index contributed by atoms with van der Waals surface area (Å²) in [4.78, 5) is 15.2. The molecule has 0 aliphatic heterocycles. The summed E-state index contributed by atoms with van der Waals surface area (Å²) in [5.41, 5.74) is 2.30. The fourth-order valence-electron chi connectivity index (χ4n) is 3.12. The maximum absolute atomic E-state index is 11.6. The summed E-state index contributed by atoms with van der Waals surface area (Å²) in [7, 11) is 0. The van der Waals surface area contributed by atoms with Crippen molar-refractivity contribution in [2.45, 2.75) is 39.4 Å². The van der Waals surface area contributed by atoms with E-state index in [2.05, 4.69) is 29.3 Å². The molecule has 1 atom stereocenters. The molecule has 0 saturated heterocycles. The molecule has 0 aliphatic carbocycles. The Balaban J connectivity index is 1.90. The SMILES string of the molecule is CC[C@@H](CO)N(Cc1ccc2c(C)cc(=O)oc2c1)Cc1cccs1. The van der Waals surface area contributed by atoms with E-state index in [-0.39, 0.29) is 18.3 Å². The lowest BCUT2D eigenvalue weighted by atomic mass is 10.1. The highest BCUT2D eigenvalue weighted by Crippen LogP contribution is 2.22. The largest absolute Gasteiger partial charge is 0.423 e. The van der Waals surface area contributed by atoms with Crippen LogP contribution in [0.5, 0.6) is 0 Å². The van der Waals surface area contributed by atoms with E-state index in [1.54, 1.807) is 11.3 Å². The average Bonchev–Trinajstić information content (AvgIpc) is 3.08. The number of fused-ring (bicyclic) bond motifs is 1. The zero-order valence-corrected chi connectivity index (χ0v) is 15.4. The summed E-state index contributed by atoms with van der Waals surface area (Å²) in [6.45, 7) is 5.63. The maximum Gasteiger partial charge on any atom is 0.336 e. The third kappa shape index (κ3) is 4.18. The molecule has 0 saturated carbocycles. The molecule has 132 valence electrons. The number of aliphatic hydroxyl groups is 1. The summed E-state index contributed by atoms with van der Waals surface area (Å²) < 4.78 is 5.36. The Morgan fingerprint density at radius 2 is 2.08 bits per heavy atom. The first-order valence-electron chi connectivity index (χ1n) is 8.51. The molecule has 1 N–H and O–H groups in total. The molecule has 3 rings (SSSR count). The first-order valence-corrected chi connectivity index (χ1v) is 9.39. The summed E-state index contributed by atoms with van der Waals surface area (Å²) in [6, 6.07) is 11.8. The van der Waals surface area contributed by atoms with E-state index in [1.807, 2.05) is 25.1 Å². The lowest BCUT2D eigenvalue weighted by Gasteiger charge is -2.29. The lowest BCUT2D eigenvalue weighted by Crippen LogP contribution is -2.36. The van der Waals surface area contributed by atoms with Crippen molar-refractivity contribution in [2.75, 3.05) is 6.61 Å². The molecule has 2 heterocycles. The average molecular weight is 357 g/mol. The number of hydrogen-bond acceptors (Lipinski definition) is 5. The minimum Gasteiger partial charge on any atom is -0.423 e. The Labute approximate surface area is 151 Å². The Bertz CT molecular complexity index is 882. The minimum atomic E-state index is -0.320. The smallest absolute Gasteiger partial charge is 0.336 e. The molecule has 5 heteroatoms. The van der Waals surface area contributed by atoms with Gasteiger partial charge in [0.1, 0.15) is 5.58 Å². The number of thiophene rings is 1. The van der Waals surface area contributed by atoms with Crippen molar-refractivity contribution in [3.05, 3.63) is 68.2 Å². The van der Waals surface area contributed by atoms with Crippen LogP contribution in [0.1, 0.15) is 29.3 Å². The Kier molecular flexibility index (Phi) is 5.68. The second-order valence-corrected chi connectivity index (χ2v) is 7.34. The quantitative estimate of drug-likeness (QED) is 0.651. The topological polar surface area (TPSA) is 53.7 Å². The summed E-state index contributed by atoms with van der Waals surface area (Å²) in [6.07, 6.45) is 0.879. The lowest BCUT2D eigenvalue weighted by molar-refractivity contribution is 0.107. The van der Waals surface area contributed by atoms with Gasteiger partial charge in [-0.05, 0) is 42.0 Å². The molecule has 0 fully saturated rings. The molecule has 25 heavy (non-hydrogen) atoms. The van der Waals surface area contributed by atoms with E-state index >= 15 is 0 Å². The maximum atomic E-state index is 11.6. The van der Waals surface area contributed by atoms with Crippen LogP contribution < -0.4 is 5.63 Å². The van der Waals surface area contributed by atoms with E-state index in [1.165, 1.54) is 10.9 Å². The Morgan fingerprint density at radius 3 is 2.76 bits per heavy atom. The van der Waals surface area contributed by atoms with Crippen LogP contribution in [0, 0.1) is 6.92 Å². The van der Waals surface area contributed by atoms with Gasteiger partial charge in [-0.1, -0.05) is 25.1 Å². The zero-order chi connectivity index (χ0) is 17.8. The number of aliphatic hydroxyl groups excluding tert-OH is 1. The minimum absolute atomic E-state index is 0.0994. The van der Waals surface area contributed by atoms with Crippen molar-refractivity contribution in [2.24, 2.45) is 0 Å². The molecule has 0 unspecified atom stereocenters. The highest BCUT2D eigenvalue weighted by atomic mass is 32.1. The molecule has 0 radical (unpaired) electrons. The van der Waals surface area contributed by atoms with Gasteiger partial charge in [0.15, 0.2) is 0 Å². The van der Waals surface area contributed by atoms with Gasteiger partial charge in [0, 0.05) is 35.5 Å². The van der Waals surface area contributed by atoms with Crippen molar-refractivity contribution in [3.63, 3.8) is 0 Å². The van der Waals surface area contributed by atoms with E-state index in [0.717, 1.165) is 29.5 Å². The van der Waals surface area contributed by atoms with Gasteiger partial charge in [-0.25, -0.2) is 4.79 Å². The van der Waals surface area contributed by atoms with Crippen LogP contribution in [0.25, 0.3) is 11.0 Å². The van der Waals surface area contributed by atoms with Crippen molar-refractivity contribution in [1.29, 1.82) is 0 Å². The molecule has 1 aromatic carbocycles. The molecule has 3 aromatic rings. The normalized spacial score (nSPS) is 12.8. The predicted molar refractivity (Wildman–Crippen MR) is 102 cm³/mol. The predicted octanol–water partition coefficient (Wildman–Crippen LogP) is 3.94. The van der Waals surface area contributed by atoms with E-state index in [9.17, 15) is 9.90 Å². The molecule has 0 spiro atoms. The van der Waals surface area contributed by atoms with Crippen molar-refractivity contribution < 1.29 is 9.52 Å². The van der Waals surface area contributed by atoms with Crippen LogP contribution in [0.2, 0.25) is 0 Å². The third-order valence-electron chi connectivity index (χ3n) is 4.54. The van der Waals surface area contributed by atoms with Gasteiger partial charge in [-0.3, -0.25) is 4.90 Å². The van der Waals surface area contributed by atoms with Crippen LogP contribution >= 0.6 is 11.3 Å². The second kappa shape index (κ2) is 7.95. The molecular weight excluding hydrogens is 334 g/mol. The van der Waals surface area contributed by atoms with Crippen LogP contribution in [-0.2, 0) is 13.1 Å². The highest BCUT2D eigenvalue weighted by Gasteiger charge is 2.18. The Morgan fingerprint density at radius 1 is 1.24 bits per heavy atom. The van der Waals surface area contributed by atoms with Gasteiger partial charge < -0.3 is 9.52 Å². The third-order valence-corrected chi connectivity index (χ3v) is 5.40.